The third-order valence-corrected chi connectivity index (χ3v) is 5.57. The van der Waals surface area contributed by atoms with E-state index in [1.165, 1.54) is 30.3 Å². The van der Waals surface area contributed by atoms with Crippen molar-refractivity contribution in [3.05, 3.63) is 108 Å². The molecule has 4 rings (SSSR count). The molecule has 3 aromatic carbocycles. The van der Waals surface area contributed by atoms with Crippen LogP contribution in [-0.4, -0.2) is 16.4 Å². The molecule has 2 amide bonds. The third-order valence-electron chi connectivity index (χ3n) is 5.57. The summed E-state index contributed by atoms with van der Waals surface area (Å²) in [6.07, 6.45) is 3.27. The van der Waals surface area contributed by atoms with Crippen LogP contribution in [0.3, 0.4) is 0 Å². The van der Waals surface area contributed by atoms with E-state index in [2.05, 4.69) is 10.6 Å². The predicted molar refractivity (Wildman–Crippen MR) is 134 cm³/mol. The molecule has 0 aliphatic heterocycles. The first-order valence-electron chi connectivity index (χ1n) is 11.1. The van der Waals surface area contributed by atoms with Crippen LogP contribution in [0, 0.1) is 17.1 Å². The molecule has 174 valence electrons. The molecule has 0 saturated heterocycles. The fraction of sp³-hybridized carbons (Fsp3) is 0.107. The minimum atomic E-state index is -0.477. The standard InChI is InChI=1S/C28H23FN4O2/c1-19(20-7-3-2-4-8-20)31-28(35)21(16-30)15-22-17-33(26-10-6-5-9-25(22)26)18-27(34)32-24-13-11-23(29)12-14-24/h2-15,17,19H,18H2,1H3,(H,31,35)(H,32,34)/b21-15-/t19-/m0/s1. The van der Waals surface area contributed by atoms with Crippen LogP contribution < -0.4 is 10.6 Å². The predicted octanol–water partition coefficient (Wildman–Crippen LogP) is 5.20. The fourth-order valence-electron chi connectivity index (χ4n) is 3.81. The van der Waals surface area contributed by atoms with Crippen molar-refractivity contribution in [3.8, 4) is 6.07 Å². The van der Waals surface area contributed by atoms with Crippen molar-refractivity contribution in [3.63, 3.8) is 0 Å². The Balaban J connectivity index is 1.56. The third kappa shape index (κ3) is 5.63. The van der Waals surface area contributed by atoms with Gasteiger partial charge in [-0.15, -0.1) is 0 Å². The summed E-state index contributed by atoms with van der Waals surface area (Å²) < 4.78 is 14.9. The van der Waals surface area contributed by atoms with Gasteiger partial charge in [-0.05, 0) is 48.9 Å². The van der Waals surface area contributed by atoms with Crippen molar-refractivity contribution >= 4 is 34.5 Å². The lowest BCUT2D eigenvalue weighted by Crippen LogP contribution is -2.27. The number of carbonyl (C=O) groups is 2. The lowest BCUT2D eigenvalue weighted by Gasteiger charge is -2.13. The monoisotopic (exact) mass is 466 g/mol. The Labute approximate surface area is 202 Å². The summed E-state index contributed by atoms with van der Waals surface area (Å²) in [7, 11) is 0. The summed E-state index contributed by atoms with van der Waals surface area (Å²) in [6.45, 7) is 1.86. The van der Waals surface area contributed by atoms with Gasteiger partial charge < -0.3 is 15.2 Å². The van der Waals surface area contributed by atoms with Crippen molar-refractivity contribution in [2.24, 2.45) is 0 Å². The zero-order valence-electron chi connectivity index (χ0n) is 19.0. The molecule has 1 atom stereocenters. The topological polar surface area (TPSA) is 86.9 Å². The van der Waals surface area contributed by atoms with Gasteiger partial charge in [-0.25, -0.2) is 4.39 Å². The van der Waals surface area contributed by atoms with Crippen LogP contribution in [0.5, 0.6) is 0 Å². The van der Waals surface area contributed by atoms with Gasteiger partial charge in [0.15, 0.2) is 0 Å². The van der Waals surface area contributed by atoms with E-state index in [4.69, 9.17) is 0 Å². The number of nitrogens with one attached hydrogen (secondary N) is 2. The van der Waals surface area contributed by atoms with Gasteiger partial charge in [0, 0.05) is 28.4 Å². The Bertz CT molecular complexity index is 1430. The minimum absolute atomic E-state index is 0.00482. The second-order valence-electron chi connectivity index (χ2n) is 8.06. The quantitative estimate of drug-likeness (QED) is 0.290. The number of halogens is 1. The summed E-state index contributed by atoms with van der Waals surface area (Å²) in [4.78, 5) is 25.4. The number of anilines is 1. The molecule has 0 spiro atoms. The van der Waals surface area contributed by atoms with E-state index < -0.39 is 5.91 Å². The fourth-order valence-corrected chi connectivity index (χ4v) is 3.81. The van der Waals surface area contributed by atoms with Crippen molar-refractivity contribution in [2.75, 3.05) is 5.32 Å². The molecule has 0 radical (unpaired) electrons. The van der Waals surface area contributed by atoms with E-state index in [0.29, 0.717) is 11.3 Å². The maximum Gasteiger partial charge on any atom is 0.262 e. The molecule has 6 nitrogen and oxygen atoms in total. The van der Waals surface area contributed by atoms with Crippen molar-refractivity contribution in [2.45, 2.75) is 19.5 Å². The van der Waals surface area contributed by atoms with E-state index in [9.17, 15) is 19.2 Å². The number of nitrogens with zero attached hydrogens (tertiary/aromatic N) is 2. The zero-order chi connectivity index (χ0) is 24.8. The van der Waals surface area contributed by atoms with Crippen molar-refractivity contribution in [1.29, 1.82) is 5.26 Å². The summed E-state index contributed by atoms with van der Waals surface area (Å²) in [5.41, 5.74) is 2.81. The number of fused-ring (bicyclic) bond motifs is 1. The van der Waals surface area contributed by atoms with Crippen molar-refractivity contribution in [1.82, 2.24) is 9.88 Å². The van der Waals surface area contributed by atoms with E-state index in [0.717, 1.165) is 16.5 Å². The molecule has 0 fully saturated rings. The molecule has 4 aromatic rings. The normalized spacial score (nSPS) is 12.1. The number of amides is 2. The SMILES string of the molecule is C[C@H](NC(=O)/C(C#N)=C\c1cn(CC(=O)Nc2ccc(F)cc2)c2ccccc12)c1ccccc1. The molecule has 1 heterocycles. The van der Waals surface area contributed by atoms with Crippen LogP contribution >= 0.6 is 0 Å². The largest absolute Gasteiger partial charge is 0.345 e. The average Bonchev–Trinajstić information content (AvgIpc) is 3.21. The van der Waals surface area contributed by atoms with Crippen molar-refractivity contribution < 1.29 is 14.0 Å². The van der Waals surface area contributed by atoms with Crippen LogP contribution in [0.25, 0.3) is 17.0 Å². The van der Waals surface area contributed by atoms with Crippen LogP contribution in [0.2, 0.25) is 0 Å². The highest BCUT2D eigenvalue weighted by atomic mass is 19.1. The second-order valence-corrected chi connectivity index (χ2v) is 8.06. The van der Waals surface area contributed by atoms with Gasteiger partial charge in [-0.3, -0.25) is 9.59 Å². The number of hydrogen-bond acceptors (Lipinski definition) is 3. The van der Waals surface area contributed by atoms with Crippen LogP contribution in [-0.2, 0) is 16.1 Å². The Hall–Kier alpha value is -4.70. The maximum atomic E-state index is 13.1. The van der Waals surface area contributed by atoms with Gasteiger partial charge in [-0.2, -0.15) is 5.26 Å². The van der Waals surface area contributed by atoms with Crippen LogP contribution in [0.1, 0.15) is 24.1 Å². The Morgan fingerprint density at radius 1 is 1.03 bits per heavy atom. The summed E-state index contributed by atoms with van der Waals surface area (Å²) in [5, 5.41) is 16.1. The summed E-state index contributed by atoms with van der Waals surface area (Å²) in [6, 6.07) is 24.2. The van der Waals surface area contributed by atoms with E-state index in [1.54, 1.807) is 10.8 Å². The number of nitriles is 1. The number of carbonyl (C=O) groups excluding carboxylic acids is 2. The lowest BCUT2D eigenvalue weighted by atomic mass is 10.1. The average molecular weight is 467 g/mol. The van der Waals surface area contributed by atoms with E-state index >= 15 is 0 Å². The Kier molecular flexibility index (Phi) is 7.03. The number of hydrogen-bond donors (Lipinski definition) is 2. The maximum absolute atomic E-state index is 13.1. The van der Waals surface area contributed by atoms with Gasteiger partial charge in [0.1, 0.15) is 24.0 Å². The molecule has 35 heavy (non-hydrogen) atoms. The molecule has 0 unspecified atom stereocenters. The minimum Gasteiger partial charge on any atom is -0.345 e. The Morgan fingerprint density at radius 3 is 2.43 bits per heavy atom. The van der Waals surface area contributed by atoms with Gasteiger partial charge in [0.05, 0.1) is 6.04 Å². The van der Waals surface area contributed by atoms with Gasteiger partial charge in [0.2, 0.25) is 5.91 Å². The number of aromatic nitrogens is 1. The lowest BCUT2D eigenvalue weighted by molar-refractivity contribution is -0.118. The highest BCUT2D eigenvalue weighted by Crippen LogP contribution is 2.24. The smallest absolute Gasteiger partial charge is 0.262 e. The molecular formula is C28H23FN4O2. The van der Waals surface area contributed by atoms with E-state index in [-0.39, 0.29) is 29.9 Å². The second kappa shape index (κ2) is 10.5. The first-order valence-corrected chi connectivity index (χ1v) is 11.1. The van der Waals surface area contributed by atoms with Gasteiger partial charge in [0.25, 0.3) is 5.91 Å². The molecule has 7 heteroatoms. The molecule has 0 saturated carbocycles. The molecule has 0 aliphatic carbocycles. The Morgan fingerprint density at radius 2 is 1.71 bits per heavy atom. The highest BCUT2D eigenvalue weighted by molar-refractivity contribution is 6.04. The highest BCUT2D eigenvalue weighted by Gasteiger charge is 2.16. The van der Waals surface area contributed by atoms with Gasteiger partial charge >= 0.3 is 0 Å². The van der Waals surface area contributed by atoms with E-state index in [1.807, 2.05) is 67.6 Å². The number of rotatable bonds is 7. The van der Waals surface area contributed by atoms with Crippen LogP contribution in [0.4, 0.5) is 10.1 Å². The van der Waals surface area contributed by atoms with Crippen LogP contribution in [0.15, 0.2) is 90.6 Å². The molecular weight excluding hydrogens is 443 g/mol. The summed E-state index contributed by atoms with van der Waals surface area (Å²) in [5.74, 6) is -1.15. The molecule has 2 N–H and O–H groups in total. The molecule has 1 aromatic heterocycles. The zero-order valence-corrected chi connectivity index (χ0v) is 19.0. The summed E-state index contributed by atoms with van der Waals surface area (Å²) >= 11 is 0. The van der Waals surface area contributed by atoms with Gasteiger partial charge in [-0.1, -0.05) is 48.5 Å². The first kappa shape index (κ1) is 23.5. The first-order chi connectivity index (χ1) is 16.9. The number of benzene rings is 3. The molecule has 0 bridgehead atoms. The number of para-hydroxylation sites is 1. The molecule has 0 aliphatic rings.